The molecule has 0 aliphatic heterocycles. The van der Waals surface area contributed by atoms with Gasteiger partial charge in [-0.1, -0.05) is 6.07 Å². The summed E-state index contributed by atoms with van der Waals surface area (Å²) in [5, 5.41) is 1.69. The number of halogens is 4. The molecule has 142 valence electrons. The van der Waals surface area contributed by atoms with E-state index in [0.29, 0.717) is 5.92 Å². The zero-order valence-electron chi connectivity index (χ0n) is 13.0. The Labute approximate surface area is 149 Å². The molecule has 0 spiro atoms. The summed E-state index contributed by atoms with van der Waals surface area (Å²) in [6.07, 6.45) is -2.60. The third-order valence-electron chi connectivity index (χ3n) is 3.59. The zero-order valence-corrected chi connectivity index (χ0v) is 14.7. The fraction of sp³-hybridized carbons (Fsp3) is 0.500. The number of rotatable bonds is 7. The molecule has 1 aliphatic rings. The number of nitrogens with two attached hydrogens (primary N) is 1. The van der Waals surface area contributed by atoms with Gasteiger partial charge in [0.1, 0.15) is 6.54 Å². The molecule has 6 nitrogen and oxygen atoms in total. The first-order valence-electron chi connectivity index (χ1n) is 7.29. The summed E-state index contributed by atoms with van der Waals surface area (Å²) in [6.45, 7) is -1.42. The fourth-order valence-electron chi connectivity index (χ4n) is 2.07. The van der Waals surface area contributed by atoms with Crippen LogP contribution < -0.4 is 15.8 Å². The highest BCUT2D eigenvalue weighted by Gasteiger charge is 2.30. The van der Waals surface area contributed by atoms with Gasteiger partial charge < -0.3 is 11.1 Å². The van der Waals surface area contributed by atoms with E-state index in [1.54, 1.807) is 5.32 Å². The number of carbonyl (C=O) groups is 1. The first-order chi connectivity index (χ1) is 11.1. The van der Waals surface area contributed by atoms with Crippen molar-refractivity contribution >= 4 is 28.3 Å². The molecule has 11 heteroatoms. The number of hydrogen-bond acceptors (Lipinski definition) is 4. The molecule has 0 heterocycles. The van der Waals surface area contributed by atoms with Gasteiger partial charge in [-0.2, -0.15) is 13.2 Å². The highest BCUT2D eigenvalue weighted by Crippen LogP contribution is 2.31. The van der Waals surface area contributed by atoms with Gasteiger partial charge in [-0.05, 0) is 37.0 Å². The minimum atomic E-state index is -4.54. The van der Waals surface area contributed by atoms with E-state index in [0.717, 1.165) is 18.9 Å². The number of hydrogen-bond donors (Lipinski definition) is 3. The lowest BCUT2D eigenvalue weighted by molar-refractivity contribution is -0.123. The maximum Gasteiger partial charge on any atom is 0.405 e. The molecule has 25 heavy (non-hydrogen) atoms. The summed E-state index contributed by atoms with van der Waals surface area (Å²) in [5.41, 5.74) is 5.65. The first-order valence-corrected chi connectivity index (χ1v) is 8.77. The van der Waals surface area contributed by atoms with Crippen molar-refractivity contribution in [1.82, 2.24) is 10.0 Å². The molecule has 1 saturated carbocycles. The molecule has 1 aromatic rings. The molecule has 1 unspecified atom stereocenters. The number of nitrogens with one attached hydrogen (secondary N) is 2. The highest BCUT2D eigenvalue weighted by molar-refractivity contribution is 7.89. The van der Waals surface area contributed by atoms with Crippen LogP contribution in [0.1, 0.15) is 23.2 Å². The van der Waals surface area contributed by atoms with E-state index in [-0.39, 0.29) is 35.5 Å². The van der Waals surface area contributed by atoms with E-state index in [4.69, 9.17) is 5.73 Å². The number of amides is 1. The lowest BCUT2D eigenvalue weighted by Gasteiger charge is -2.13. The van der Waals surface area contributed by atoms with Crippen LogP contribution in [-0.4, -0.2) is 39.6 Å². The van der Waals surface area contributed by atoms with Gasteiger partial charge in [0.05, 0.1) is 4.90 Å². The molecule has 2 rings (SSSR count). The summed E-state index contributed by atoms with van der Waals surface area (Å²) >= 11 is 0. The fourth-order valence-corrected chi connectivity index (χ4v) is 3.19. The van der Waals surface area contributed by atoms with Gasteiger partial charge >= 0.3 is 6.18 Å². The molecule has 4 N–H and O–H groups in total. The van der Waals surface area contributed by atoms with Crippen LogP contribution in [0.15, 0.2) is 29.2 Å². The Morgan fingerprint density at radius 3 is 2.52 bits per heavy atom. The molecule has 1 atom stereocenters. The van der Waals surface area contributed by atoms with E-state index in [1.807, 2.05) is 0 Å². The summed E-state index contributed by atoms with van der Waals surface area (Å²) in [7, 11) is -3.89. The number of alkyl halides is 3. The zero-order chi connectivity index (χ0) is 18.0. The molecule has 1 amide bonds. The van der Waals surface area contributed by atoms with Crippen molar-refractivity contribution < 1.29 is 26.4 Å². The Morgan fingerprint density at radius 1 is 1.32 bits per heavy atom. The third kappa shape index (κ3) is 6.81. The predicted molar refractivity (Wildman–Crippen MR) is 88.0 cm³/mol. The van der Waals surface area contributed by atoms with Crippen LogP contribution >= 0.6 is 12.4 Å². The summed E-state index contributed by atoms with van der Waals surface area (Å²) in [5.74, 6) is -0.689. The Kier molecular flexibility index (Phi) is 7.24. The van der Waals surface area contributed by atoms with Crippen molar-refractivity contribution in [3.05, 3.63) is 29.8 Å². The molecule has 0 aromatic heterocycles. The Balaban J connectivity index is 0.00000312. The molecule has 0 bridgehead atoms. The van der Waals surface area contributed by atoms with E-state index >= 15 is 0 Å². The summed E-state index contributed by atoms with van der Waals surface area (Å²) in [4.78, 5) is 11.5. The van der Waals surface area contributed by atoms with E-state index in [2.05, 4.69) is 4.72 Å². The van der Waals surface area contributed by atoms with Crippen molar-refractivity contribution in [1.29, 1.82) is 0 Å². The molecular formula is C14H19ClF3N3O3S. The minimum absolute atomic E-state index is 0. The van der Waals surface area contributed by atoms with Crippen molar-refractivity contribution in [3.63, 3.8) is 0 Å². The topological polar surface area (TPSA) is 101 Å². The standard InChI is InChI=1S/C14H18F3N3O3S.ClH/c15-14(16,17)8-19-13(21)10-2-1-3-11(6-10)24(22,23)20-7-12(18)9-4-5-9;/h1-3,6,9,12,20H,4-5,7-8,18H2,(H,19,21);1H. The van der Waals surface area contributed by atoms with Crippen LogP contribution in [-0.2, 0) is 10.0 Å². The largest absolute Gasteiger partial charge is 0.405 e. The quantitative estimate of drug-likeness (QED) is 0.643. The van der Waals surface area contributed by atoms with Gasteiger partial charge in [-0.3, -0.25) is 4.79 Å². The normalized spacial score (nSPS) is 16.0. The van der Waals surface area contributed by atoms with Gasteiger partial charge in [-0.25, -0.2) is 13.1 Å². The van der Waals surface area contributed by atoms with Crippen LogP contribution in [0.25, 0.3) is 0 Å². The second kappa shape index (κ2) is 8.35. The third-order valence-corrected chi connectivity index (χ3v) is 5.01. The van der Waals surface area contributed by atoms with Crippen molar-refractivity contribution in [2.75, 3.05) is 13.1 Å². The average molecular weight is 402 g/mol. The summed E-state index contributed by atoms with van der Waals surface area (Å²) in [6, 6.07) is 4.53. The molecule has 0 saturated heterocycles. The Bertz CT molecular complexity index is 709. The van der Waals surface area contributed by atoms with Gasteiger partial charge in [0.15, 0.2) is 0 Å². The number of sulfonamides is 1. The van der Waals surface area contributed by atoms with Crippen LogP contribution in [0.5, 0.6) is 0 Å². The smallest absolute Gasteiger partial charge is 0.343 e. The van der Waals surface area contributed by atoms with E-state index in [1.165, 1.54) is 18.2 Å². The summed E-state index contributed by atoms with van der Waals surface area (Å²) < 4.78 is 63.1. The van der Waals surface area contributed by atoms with Crippen LogP contribution in [0.4, 0.5) is 13.2 Å². The SMILES string of the molecule is Cl.NC(CNS(=O)(=O)c1cccc(C(=O)NCC(F)(F)F)c1)C1CC1. The van der Waals surface area contributed by atoms with Crippen LogP contribution in [0.3, 0.4) is 0 Å². The molecule has 0 radical (unpaired) electrons. The molecule has 1 aliphatic carbocycles. The van der Waals surface area contributed by atoms with E-state index in [9.17, 15) is 26.4 Å². The predicted octanol–water partition coefficient (Wildman–Crippen LogP) is 1.42. The van der Waals surface area contributed by atoms with Crippen molar-refractivity contribution in [2.24, 2.45) is 11.7 Å². The van der Waals surface area contributed by atoms with Gasteiger partial charge in [0.25, 0.3) is 5.91 Å². The van der Waals surface area contributed by atoms with Crippen LogP contribution in [0, 0.1) is 5.92 Å². The minimum Gasteiger partial charge on any atom is -0.343 e. The second-order valence-electron chi connectivity index (χ2n) is 5.68. The molecular weight excluding hydrogens is 383 g/mol. The van der Waals surface area contributed by atoms with Crippen molar-refractivity contribution in [2.45, 2.75) is 30.0 Å². The average Bonchev–Trinajstić information content (AvgIpc) is 3.34. The highest BCUT2D eigenvalue weighted by atomic mass is 35.5. The molecule has 1 fully saturated rings. The second-order valence-corrected chi connectivity index (χ2v) is 7.45. The van der Waals surface area contributed by atoms with Gasteiger partial charge in [0.2, 0.25) is 10.0 Å². The number of benzene rings is 1. The lowest BCUT2D eigenvalue weighted by atomic mass is 10.2. The number of carbonyl (C=O) groups excluding carboxylic acids is 1. The lowest BCUT2D eigenvalue weighted by Crippen LogP contribution is -2.38. The van der Waals surface area contributed by atoms with Crippen LogP contribution in [0.2, 0.25) is 0 Å². The Morgan fingerprint density at radius 2 is 1.96 bits per heavy atom. The first kappa shape index (κ1) is 21.7. The molecule has 1 aromatic carbocycles. The monoisotopic (exact) mass is 401 g/mol. The Hall–Kier alpha value is -1.36. The van der Waals surface area contributed by atoms with Gasteiger partial charge in [-0.15, -0.1) is 12.4 Å². The van der Waals surface area contributed by atoms with E-state index < -0.39 is 28.7 Å². The maximum absolute atomic E-state index is 12.2. The van der Waals surface area contributed by atoms with Gasteiger partial charge in [0, 0.05) is 18.2 Å². The van der Waals surface area contributed by atoms with Crippen molar-refractivity contribution in [3.8, 4) is 0 Å². The maximum atomic E-state index is 12.2.